The van der Waals surface area contributed by atoms with Crippen molar-refractivity contribution in [2.75, 3.05) is 14.2 Å². The molecule has 0 heterocycles. The first-order valence-corrected chi connectivity index (χ1v) is 10.8. The van der Waals surface area contributed by atoms with Gasteiger partial charge in [0.15, 0.2) is 0 Å². The Bertz CT molecular complexity index is 1230. The molecule has 0 aliphatic heterocycles. The SMILES string of the molecule is C=C(OC)/C(N)=C\C(C)=C(/C)N=NC1=CC(C)=C(N=Nc2ccc(C(N)=O)cc2C)CC=C1OC. The number of methoxy groups -OCH3 is 2. The molecular weight excluding hydrogens is 444 g/mol. The highest BCUT2D eigenvalue weighted by Gasteiger charge is 2.13. The van der Waals surface area contributed by atoms with E-state index in [-0.39, 0.29) is 0 Å². The standard InChI is InChI=1S/C26H32N6O3/c1-15(13-21(27)19(5)34-6)18(4)29-32-24-14-17(3)23(10-11-25(24)35-7)31-30-22-9-8-20(26(28)33)12-16(22)2/h8-9,11-14H,5,10,27H2,1-4,6-7H3,(H2,28,33)/b18-15+,21-13+,31-30?,32-29?. The van der Waals surface area contributed by atoms with Crippen molar-refractivity contribution in [2.24, 2.45) is 31.9 Å². The van der Waals surface area contributed by atoms with Crippen molar-refractivity contribution in [3.63, 3.8) is 0 Å². The first-order valence-electron chi connectivity index (χ1n) is 10.8. The Morgan fingerprint density at radius 2 is 1.83 bits per heavy atom. The monoisotopic (exact) mass is 476 g/mol. The number of primary amides is 1. The molecule has 0 bridgehead atoms. The minimum atomic E-state index is -0.483. The van der Waals surface area contributed by atoms with Crippen molar-refractivity contribution in [1.29, 1.82) is 0 Å². The van der Waals surface area contributed by atoms with E-state index in [9.17, 15) is 4.79 Å². The second kappa shape index (κ2) is 12.3. The molecule has 0 radical (unpaired) electrons. The predicted octanol–water partition coefficient (Wildman–Crippen LogP) is 6.02. The third-order valence-corrected chi connectivity index (χ3v) is 5.34. The van der Waals surface area contributed by atoms with Crippen molar-refractivity contribution in [2.45, 2.75) is 34.1 Å². The van der Waals surface area contributed by atoms with Gasteiger partial charge in [0, 0.05) is 12.0 Å². The van der Waals surface area contributed by atoms with Gasteiger partial charge in [-0.05, 0) is 80.8 Å². The first kappa shape index (κ1) is 27.0. The molecule has 9 nitrogen and oxygen atoms in total. The lowest BCUT2D eigenvalue weighted by molar-refractivity contribution is 0.1000. The van der Waals surface area contributed by atoms with E-state index in [2.05, 4.69) is 27.0 Å². The molecule has 0 aromatic heterocycles. The fourth-order valence-electron chi connectivity index (χ4n) is 2.98. The second-order valence-corrected chi connectivity index (χ2v) is 7.90. The fraction of sp³-hybridized carbons (Fsp3) is 0.269. The molecule has 0 saturated carbocycles. The molecular formula is C26H32N6O3. The van der Waals surface area contributed by atoms with Gasteiger partial charge in [0.2, 0.25) is 5.91 Å². The van der Waals surface area contributed by atoms with Crippen LogP contribution in [0.15, 0.2) is 109 Å². The number of ether oxygens (including phenoxy) is 2. The number of rotatable bonds is 9. The summed E-state index contributed by atoms with van der Waals surface area (Å²) in [4.78, 5) is 11.4. The normalized spacial score (nSPS) is 15.5. The van der Waals surface area contributed by atoms with E-state index in [1.54, 1.807) is 31.4 Å². The van der Waals surface area contributed by atoms with Gasteiger partial charge in [0.1, 0.15) is 17.2 Å². The number of benzene rings is 1. The number of carbonyl (C=O) groups is 1. The molecule has 1 aromatic carbocycles. The van der Waals surface area contributed by atoms with E-state index in [1.807, 2.05) is 39.8 Å². The van der Waals surface area contributed by atoms with E-state index < -0.39 is 5.91 Å². The van der Waals surface area contributed by atoms with Gasteiger partial charge in [-0.15, -0.1) is 5.11 Å². The van der Waals surface area contributed by atoms with E-state index >= 15 is 0 Å². The predicted molar refractivity (Wildman–Crippen MR) is 136 cm³/mol. The summed E-state index contributed by atoms with van der Waals surface area (Å²) in [5, 5.41) is 17.5. The number of carbonyl (C=O) groups excluding carboxylic acids is 1. The first-order chi connectivity index (χ1) is 16.6. The van der Waals surface area contributed by atoms with Crippen LogP contribution in [0.3, 0.4) is 0 Å². The Kier molecular flexibility index (Phi) is 9.45. The molecule has 9 heteroatoms. The number of hydrogen-bond acceptors (Lipinski definition) is 8. The summed E-state index contributed by atoms with van der Waals surface area (Å²) >= 11 is 0. The van der Waals surface area contributed by atoms with Gasteiger partial charge in [-0.1, -0.05) is 6.58 Å². The Hall–Kier alpha value is -4.27. The zero-order chi connectivity index (χ0) is 26.1. The lowest BCUT2D eigenvalue weighted by Crippen LogP contribution is -2.10. The molecule has 0 saturated heterocycles. The van der Waals surface area contributed by atoms with Crippen LogP contribution in [0, 0.1) is 6.92 Å². The van der Waals surface area contributed by atoms with Crippen LogP contribution in [-0.2, 0) is 9.47 Å². The van der Waals surface area contributed by atoms with Crippen LogP contribution in [0.2, 0.25) is 0 Å². The number of allylic oxidation sites excluding steroid dienone is 6. The molecule has 35 heavy (non-hydrogen) atoms. The van der Waals surface area contributed by atoms with Gasteiger partial charge in [-0.2, -0.15) is 15.3 Å². The number of hydrogen-bond donors (Lipinski definition) is 2. The van der Waals surface area contributed by atoms with Gasteiger partial charge in [-0.3, -0.25) is 4.79 Å². The van der Waals surface area contributed by atoms with Crippen LogP contribution in [0.1, 0.15) is 43.1 Å². The van der Waals surface area contributed by atoms with E-state index in [0.29, 0.717) is 46.3 Å². The van der Waals surface area contributed by atoms with Gasteiger partial charge >= 0.3 is 0 Å². The molecule has 1 aliphatic carbocycles. The molecule has 0 unspecified atom stereocenters. The molecule has 0 atom stereocenters. The van der Waals surface area contributed by atoms with E-state index in [4.69, 9.17) is 20.9 Å². The number of nitrogens with zero attached hydrogens (tertiary/aromatic N) is 4. The van der Waals surface area contributed by atoms with Crippen molar-refractivity contribution in [1.82, 2.24) is 0 Å². The molecule has 2 rings (SSSR count). The van der Waals surface area contributed by atoms with Crippen molar-refractivity contribution < 1.29 is 14.3 Å². The third-order valence-electron chi connectivity index (χ3n) is 5.34. The number of amides is 1. The highest BCUT2D eigenvalue weighted by atomic mass is 16.5. The quantitative estimate of drug-likeness (QED) is 0.256. The molecule has 0 spiro atoms. The smallest absolute Gasteiger partial charge is 0.248 e. The van der Waals surface area contributed by atoms with Crippen LogP contribution < -0.4 is 11.5 Å². The molecule has 0 fully saturated rings. The topological polar surface area (TPSA) is 137 Å². The van der Waals surface area contributed by atoms with Crippen molar-refractivity contribution in [3.8, 4) is 0 Å². The maximum Gasteiger partial charge on any atom is 0.248 e. The second-order valence-electron chi connectivity index (χ2n) is 7.90. The average Bonchev–Trinajstić information content (AvgIpc) is 2.98. The molecule has 4 N–H and O–H groups in total. The zero-order valence-corrected chi connectivity index (χ0v) is 21.0. The van der Waals surface area contributed by atoms with Gasteiger partial charge < -0.3 is 20.9 Å². The van der Waals surface area contributed by atoms with Crippen LogP contribution in [0.25, 0.3) is 0 Å². The summed E-state index contributed by atoms with van der Waals surface area (Å²) in [6, 6.07) is 5.04. The summed E-state index contributed by atoms with van der Waals surface area (Å²) in [7, 11) is 3.09. The summed E-state index contributed by atoms with van der Waals surface area (Å²) < 4.78 is 10.6. The van der Waals surface area contributed by atoms with Gasteiger partial charge in [0.05, 0.1) is 37.0 Å². The Morgan fingerprint density at radius 1 is 1.11 bits per heavy atom. The van der Waals surface area contributed by atoms with Crippen molar-refractivity contribution in [3.05, 3.63) is 99.6 Å². The summed E-state index contributed by atoms with van der Waals surface area (Å²) in [6.45, 7) is 11.2. The van der Waals surface area contributed by atoms with Crippen molar-refractivity contribution >= 4 is 11.6 Å². The Balaban J connectivity index is 2.34. The average molecular weight is 477 g/mol. The Morgan fingerprint density at radius 3 is 2.43 bits per heavy atom. The maximum atomic E-state index is 11.4. The maximum absolute atomic E-state index is 11.4. The molecule has 1 amide bonds. The van der Waals surface area contributed by atoms with Crippen LogP contribution in [0.5, 0.6) is 0 Å². The Labute approximate surface area is 206 Å². The van der Waals surface area contributed by atoms with Crippen LogP contribution in [0.4, 0.5) is 5.69 Å². The largest absolute Gasteiger partial charge is 0.495 e. The highest BCUT2D eigenvalue weighted by Crippen LogP contribution is 2.28. The number of nitrogens with two attached hydrogens (primary N) is 2. The van der Waals surface area contributed by atoms with Crippen LogP contribution in [-0.4, -0.2) is 20.1 Å². The minimum Gasteiger partial charge on any atom is -0.495 e. The van der Waals surface area contributed by atoms with E-state index in [0.717, 1.165) is 22.4 Å². The number of azo groups is 2. The molecule has 184 valence electrons. The molecule has 1 aliphatic rings. The lowest BCUT2D eigenvalue weighted by atomic mass is 10.1. The summed E-state index contributed by atoms with van der Waals surface area (Å²) in [5.74, 6) is 0.475. The van der Waals surface area contributed by atoms with Crippen LogP contribution >= 0.6 is 0 Å². The van der Waals surface area contributed by atoms with Gasteiger partial charge in [-0.25, -0.2) is 0 Å². The fourth-order valence-corrected chi connectivity index (χ4v) is 2.98. The van der Waals surface area contributed by atoms with Gasteiger partial charge in [0.25, 0.3) is 0 Å². The summed E-state index contributed by atoms with van der Waals surface area (Å²) in [6.07, 6.45) is 5.96. The zero-order valence-electron chi connectivity index (χ0n) is 21.0. The lowest BCUT2D eigenvalue weighted by Gasteiger charge is -2.06. The summed E-state index contributed by atoms with van der Waals surface area (Å²) in [5.41, 5.74) is 17.3. The number of aryl methyl sites for hydroxylation is 1. The van der Waals surface area contributed by atoms with E-state index in [1.165, 1.54) is 7.11 Å². The molecule has 1 aromatic rings. The third kappa shape index (κ3) is 7.36. The highest BCUT2D eigenvalue weighted by molar-refractivity contribution is 5.93. The minimum absolute atomic E-state index is 0.381.